The molecule has 254 valence electrons. The Hall–Kier alpha value is -2.38. The van der Waals surface area contributed by atoms with Gasteiger partial charge in [-0.25, -0.2) is 18.9 Å². The topological polar surface area (TPSA) is 151 Å². The predicted octanol–water partition coefficient (Wildman–Crippen LogP) is 4.89. The molecule has 0 unspecified atom stereocenters. The van der Waals surface area contributed by atoms with Crippen LogP contribution in [0.2, 0.25) is 0 Å². The highest BCUT2D eigenvalue weighted by Crippen LogP contribution is 2.49. The molecule has 0 atom stereocenters. The number of rotatable bonds is 30. The first-order valence-electron chi connectivity index (χ1n) is 14.7. The molecule has 13 nitrogen and oxygen atoms in total. The van der Waals surface area contributed by atoms with E-state index in [1.165, 1.54) is 0 Å². The minimum absolute atomic E-state index is 0.139. The second kappa shape index (κ2) is 27.0. The number of carbonyl (C=O) groups is 3. The minimum Gasteiger partial charge on any atom is -0.460 e. The van der Waals surface area contributed by atoms with Crippen molar-refractivity contribution >= 4 is 25.7 Å². The van der Waals surface area contributed by atoms with E-state index in [-0.39, 0.29) is 59.5 Å². The number of phosphoric acid groups is 1. The minimum atomic E-state index is -3.80. The number of phosphoric ester groups is 1. The van der Waals surface area contributed by atoms with Crippen LogP contribution >= 0.6 is 7.82 Å². The lowest BCUT2D eigenvalue weighted by atomic mass is 10.3. The van der Waals surface area contributed by atoms with Crippen molar-refractivity contribution in [3.05, 3.63) is 36.5 Å². The van der Waals surface area contributed by atoms with E-state index < -0.39 is 25.7 Å². The van der Waals surface area contributed by atoms with Crippen molar-refractivity contribution in [1.29, 1.82) is 0 Å². The van der Waals surface area contributed by atoms with Crippen molar-refractivity contribution in [3.63, 3.8) is 0 Å². The molecule has 0 radical (unpaired) electrons. The Morgan fingerprint density at radius 1 is 0.432 bits per heavy atom. The fourth-order valence-corrected chi connectivity index (χ4v) is 4.10. The summed E-state index contributed by atoms with van der Waals surface area (Å²) in [7, 11) is -3.80. The number of carbonyl (C=O) groups excluding carboxylic acids is 3. The number of hydrogen-bond donors (Lipinski definition) is 0. The maximum absolute atomic E-state index is 13.2. The van der Waals surface area contributed by atoms with Crippen LogP contribution in [0.4, 0.5) is 0 Å². The van der Waals surface area contributed by atoms with Gasteiger partial charge in [0.15, 0.2) is 0 Å². The molecule has 0 spiro atoms. The Morgan fingerprint density at radius 3 is 0.932 bits per heavy atom. The van der Waals surface area contributed by atoms with Crippen LogP contribution in [-0.4, -0.2) is 97.2 Å². The standard InChI is InChI=1S/C30H51O13P/c1-25(2)28(31)38-22-19-35-13-7-10-16-41-44(34,42-17-11-8-14-36-20-23-39-29(32)26(3)4)43-18-12-9-15-37-21-24-40-30(33)27(5)6/h1,3,5,7-24H2,2,4,6H3. The summed E-state index contributed by atoms with van der Waals surface area (Å²) in [6.45, 7) is 18.1. The van der Waals surface area contributed by atoms with Gasteiger partial charge in [-0.05, 0) is 59.3 Å². The van der Waals surface area contributed by atoms with Gasteiger partial charge < -0.3 is 28.4 Å². The Bertz CT molecular complexity index is 804. The summed E-state index contributed by atoms with van der Waals surface area (Å²) in [5, 5.41) is 0. The van der Waals surface area contributed by atoms with Crippen LogP contribution in [0, 0.1) is 0 Å². The highest BCUT2D eigenvalue weighted by atomic mass is 31.2. The zero-order valence-corrected chi connectivity index (χ0v) is 27.5. The van der Waals surface area contributed by atoms with Gasteiger partial charge in [-0.1, -0.05) is 19.7 Å². The summed E-state index contributed by atoms with van der Waals surface area (Å²) in [6.07, 6.45) is 3.55. The highest BCUT2D eigenvalue weighted by Gasteiger charge is 2.26. The fourth-order valence-electron chi connectivity index (χ4n) is 2.82. The number of esters is 3. The van der Waals surface area contributed by atoms with Crippen molar-refractivity contribution in [1.82, 2.24) is 0 Å². The maximum Gasteiger partial charge on any atom is 0.474 e. The van der Waals surface area contributed by atoms with Crippen molar-refractivity contribution in [2.45, 2.75) is 59.3 Å². The van der Waals surface area contributed by atoms with Gasteiger partial charge in [-0.15, -0.1) is 0 Å². The molecule has 0 aliphatic carbocycles. The first kappa shape index (κ1) is 41.6. The SMILES string of the molecule is C=C(C)C(=O)OCCOCCCCOP(=O)(OCCCCOCCOC(=O)C(=C)C)OCCCCOCCOC(=O)C(=C)C. The summed E-state index contributed by atoms with van der Waals surface area (Å²) >= 11 is 0. The molecule has 0 rings (SSSR count). The summed E-state index contributed by atoms with van der Waals surface area (Å²) < 4.78 is 60.8. The van der Waals surface area contributed by atoms with Crippen LogP contribution < -0.4 is 0 Å². The van der Waals surface area contributed by atoms with Gasteiger partial charge in [0, 0.05) is 36.5 Å². The Morgan fingerprint density at radius 2 is 0.682 bits per heavy atom. The first-order chi connectivity index (χ1) is 21.0. The van der Waals surface area contributed by atoms with E-state index in [0.717, 1.165) is 0 Å². The lowest BCUT2D eigenvalue weighted by Crippen LogP contribution is -2.12. The molecule has 0 bridgehead atoms. The van der Waals surface area contributed by atoms with Gasteiger partial charge >= 0.3 is 25.7 Å². The Labute approximate surface area is 261 Å². The van der Waals surface area contributed by atoms with E-state index in [4.69, 9.17) is 42.0 Å². The Kier molecular flexibility index (Phi) is 25.5. The van der Waals surface area contributed by atoms with Crippen LogP contribution in [0.3, 0.4) is 0 Å². The Balaban J connectivity index is 4.28. The molecule has 0 aromatic heterocycles. The first-order valence-corrected chi connectivity index (χ1v) is 16.2. The summed E-state index contributed by atoms with van der Waals surface area (Å²) in [6, 6.07) is 0. The monoisotopic (exact) mass is 650 g/mol. The lowest BCUT2D eigenvalue weighted by Gasteiger charge is -2.18. The summed E-state index contributed by atoms with van der Waals surface area (Å²) in [5.41, 5.74) is 0.987. The fraction of sp³-hybridized carbons (Fsp3) is 0.700. The van der Waals surface area contributed by atoms with E-state index in [9.17, 15) is 18.9 Å². The normalized spacial score (nSPS) is 11.2. The molecule has 0 saturated heterocycles. The molecular weight excluding hydrogens is 599 g/mol. The zero-order valence-electron chi connectivity index (χ0n) is 26.6. The molecule has 14 heteroatoms. The van der Waals surface area contributed by atoms with Gasteiger partial charge in [0.2, 0.25) is 0 Å². The average molecular weight is 651 g/mol. The quantitative estimate of drug-likeness (QED) is 0.0341. The molecule has 0 aromatic rings. The summed E-state index contributed by atoms with van der Waals surface area (Å²) in [5.74, 6) is -1.37. The molecule has 0 aromatic carbocycles. The maximum atomic E-state index is 13.2. The number of unbranched alkanes of at least 4 members (excludes halogenated alkanes) is 3. The van der Waals surface area contributed by atoms with Gasteiger partial charge in [0.1, 0.15) is 19.8 Å². The van der Waals surface area contributed by atoms with Gasteiger partial charge in [0.05, 0.1) is 39.6 Å². The second-order valence-electron chi connectivity index (χ2n) is 9.65. The molecule has 0 saturated carbocycles. The second-order valence-corrected chi connectivity index (χ2v) is 11.3. The van der Waals surface area contributed by atoms with Crippen molar-refractivity contribution in [2.75, 3.05) is 79.3 Å². The zero-order chi connectivity index (χ0) is 33.1. The molecule has 0 aliphatic rings. The van der Waals surface area contributed by atoms with Crippen molar-refractivity contribution in [3.8, 4) is 0 Å². The largest absolute Gasteiger partial charge is 0.474 e. The van der Waals surface area contributed by atoms with Crippen LogP contribution in [0.5, 0.6) is 0 Å². The van der Waals surface area contributed by atoms with E-state index >= 15 is 0 Å². The van der Waals surface area contributed by atoms with Gasteiger partial charge in [0.25, 0.3) is 0 Å². The van der Waals surface area contributed by atoms with Crippen LogP contribution in [0.1, 0.15) is 59.3 Å². The van der Waals surface area contributed by atoms with E-state index in [0.29, 0.717) is 75.1 Å². The molecule has 0 fully saturated rings. The molecule has 44 heavy (non-hydrogen) atoms. The number of hydrogen-bond acceptors (Lipinski definition) is 13. The van der Waals surface area contributed by atoms with Crippen molar-refractivity contribution in [2.24, 2.45) is 0 Å². The predicted molar refractivity (Wildman–Crippen MR) is 163 cm³/mol. The summed E-state index contributed by atoms with van der Waals surface area (Å²) in [4.78, 5) is 34.0. The number of ether oxygens (including phenoxy) is 6. The third kappa shape index (κ3) is 25.0. The van der Waals surface area contributed by atoms with Crippen LogP contribution in [0.15, 0.2) is 36.5 Å². The molecule has 0 N–H and O–H groups in total. The molecule has 0 aliphatic heterocycles. The highest BCUT2D eigenvalue weighted by molar-refractivity contribution is 7.48. The third-order valence-electron chi connectivity index (χ3n) is 5.23. The third-order valence-corrected chi connectivity index (χ3v) is 6.72. The lowest BCUT2D eigenvalue weighted by molar-refractivity contribution is -0.141. The van der Waals surface area contributed by atoms with Crippen LogP contribution in [0.25, 0.3) is 0 Å². The average Bonchev–Trinajstić information content (AvgIpc) is 2.97. The van der Waals surface area contributed by atoms with Crippen LogP contribution in [-0.2, 0) is 60.9 Å². The van der Waals surface area contributed by atoms with Gasteiger partial charge in [-0.2, -0.15) is 0 Å². The van der Waals surface area contributed by atoms with Crippen molar-refractivity contribution < 1.29 is 60.9 Å². The smallest absolute Gasteiger partial charge is 0.460 e. The van der Waals surface area contributed by atoms with E-state index in [2.05, 4.69) is 19.7 Å². The van der Waals surface area contributed by atoms with Gasteiger partial charge in [-0.3, -0.25) is 13.6 Å². The molecule has 0 heterocycles. The molecule has 0 amide bonds. The van der Waals surface area contributed by atoms with E-state index in [1.807, 2.05) is 0 Å². The van der Waals surface area contributed by atoms with E-state index in [1.54, 1.807) is 20.8 Å². The molecular formula is C30H51O13P.